The van der Waals surface area contributed by atoms with E-state index in [1.807, 2.05) is 30.3 Å². The van der Waals surface area contributed by atoms with E-state index in [-0.39, 0.29) is 11.7 Å². The Morgan fingerprint density at radius 2 is 2.05 bits per heavy atom. The fourth-order valence-electron chi connectivity index (χ4n) is 2.75. The molecular weight excluding hydrogens is 292 g/mol. The molecule has 22 heavy (non-hydrogen) atoms. The first-order valence-electron chi connectivity index (χ1n) is 7.43. The molecule has 0 bridgehead atoms. The molecule has 0 amide bonds. The summed E-state index contributed by atoms with van der Waals surface area (Å²) in [6.45, 7) is 6.19. The monoisotopic (exact) mass is 310 g/mol. The lowest BCUT2D eigenvalue weighted by molar-refractivity contribution is 0.0954. The highest BCUT2D eigenvalue weighted by Crippen LogP contribution is 2.43. The van der Waals surface area contributed by atoms with Crippen LogP contribution in [0.4, 0.5) is 0 Å². The average Bonchev–Trinajstić information content (AvgIpc) is 2.66. The fraction of sp³-hybridized carbons (Fsp3) is 0.211. The molecule has 2 aromatic rings. The molecule has 1 atom stereocenters. The number of Topliss-reactive ketones (excluding diaryl/α,β-unsaturated/α-hetero) is 1. The van der Waals surface area contributed by atoms with Crippen molar-refractivity contribution in [2.45, 2.75) is 29.1 Å². The van der Waals surface area contributed by atoms with Crippen LogP contribution in [0, 0.1) is 0 Å². The summed E-state index contributed by atoms with van der Waals surface area (Å²) in [5.41, 5.74) is 1.92. The molecule has 0 fully saturated rings. The molecule has 0 saturated carbocycles. The predicted octanol–water partition coefficient (Wildman–Crippen LogP) is 5.09. The third-order valence-corrected chi connectivity index (χ3v) is 4.97. The summed E-state index contributed by atoms with van der Waals surface area (Å²) in [5, 5.41) is 0. The molecule has 112 valence electrons. The number of carbonyl (C=O) groups is 1. The van der Waals surface area contributed by atoms with Crippen molar-refractivity contribution in [2.75, 3.05) is 6.61 Å². The molecule has 1 aliphatic heterocycles. The molecule has 1 heterocycles. The van der Waals surface area contributed by atoms with Gasteiger partial charge in [-0.05, 0) is 36.2 Å². The van der Waals surface area contributed by atoms with Gasteiger partial charge in [0.25, 0.3) is 0 Å². The average molecular weight is 310 g/mol. The van der Waals surface area contributed by atoms with E-state index in [4.69, 9.17) is 4.74 Å². The third kappa shape index (κ3) is 2.69. The second kappa shape index (κ2) is 6.41. The highest BCUT2D eigenvalue weighted by Gasteiger charge is 2.28. The van der Waals surface area contributed by atoms with Gasteiger partial charge in [0.15, 0.2) is 5.78 Å². The van der Waals surface area contributed by atoms with Gasteiger partial charge in [-0.15, -0.1) is 0 Å². The number of hydrogen-bond donors (Lipinski definition) is 0. The Bertz CT molecular complexity index is 721. The van der Waals surface area contributed by atoms with Crippen LogP contribution in [0.1, 0.15) is 35.2 Å². The summed E-state index contributed by atoms with van der Waals surface area (Å²) in [5.74, 6) is 0.904. The van der Waals surface area contributed by atoms with Crippen molar-refractivity contribution in [3.8, 4) is 5.75 Å². The van der Waals surface area contributed by atoms with Gasteiger partial charge in [0, 0.05) is 21.3 Å². The van der Waals surface area contributed by atoms with Gasteiger partial charge in [-0.3, -0.25) is 4.79 Å². The number of fused-ring (bicyclic) bond motifs is 2. The van der Waals surface area contributed by atoms with Crippen LogP contribution in [0.2, 0.25) is 0 Å². The Labute approximate surface area is 135 Å². The molecule has 0 spiro atoms. The molecule has 2 aromatic carbocycles. The zero-order valence-electron chi connectivity index (χ0n) is 12.5. The van der Waals surface area contributed by atoms with Crippen LogP contribution in [0.5, 0.6) is 5.75 Å². The van der Waals surface area contributed by atoms with Crippen molar-refractivity contribution < 1.29 is 9.53 Å². The van der Waals surface area contributed by atoms with Gasteiger partial charge in [-0.2, -0.15) is 0 Å². The topological polar surface area (TPSA) is 26.3 Å². The van der Waals surface area contributed by atoms with Crippen LogP contribution in [-0.2, 0) is 0 Å². The minimum atomic E-state index is -0.0649. The lowest BCUT2D eigenvalue weighted by Gasteiger charge is -2.14. The third-order valence-electron chi connectivity index (χ3n) is 3.83. The van der Waals surface area contributed by atoms with E-state index >= 15 is 0 Å². The van der Waals surface area contributed by atoms with Gasteiger partial charge >= 0.3 is 0 Å². The van der Waals surface area contributed by atoms with E-state index in [9.17, 15) is 4.79 Å². The first-order chi connectivity index (χ1) is 10.7. The number of carbonyl (C=O) groups excluding carboxylic acids is 1. The Kier molecular flexibility index (Phi) is 4.34. The van der Waals surface area contributed by atoms with Gasteiger partial charge in [0.1, 0.15) is 12.4 Å². The number of ketones is 1. The van der Waals surface area contributed by atoms with Crippen LogP contribution in [-0.4, -0.2) is 12.4 Å². The van der Waals surface area contributed by atoms with Crippen molar-refractivity contribution >= 4 is 17.5 Å². The normalized spacial score (nSPS) is 16.4. The first-order valence-corrected chi connectivity index (χ1v) is 8.25. The second-order valence-electron chi connectivity index (χ2n) is 5.22. The molecular formula is C19H18O2S. The Morgan fingerprint density at radius 1 is 1.23 bits per heavy atom. The Morgan fingerprint density at radius 3 is 2.82 bits per heavy atom. The minimum Gasteiger partial charge on any atom is -0.490 e. The number of ether oxygens (including phenoxy) is 1. The Hall–Kier alpha value is -2.00. The minimum absolute atomic E-state index is 0.0649. The molecule has 3 rings (SSSR count). The highest BCUT2D eigenvalue weighted by atomic mass is 32.2. The van der Waals surface area contributed by atoms with Crippen molar-refractivity contribution in [1.82, 2.24) is 0 Å². The number of benzene rings is 2. The zero-order chi connectivity index (χ0) is 15.5. The molecule has 0 unspecified atom stereocenters. The lowest BCUT2D eigenvalue weighted by Crippen LogP contribution is -2.12. The largest absolute Gasteiger partial charge is 0.490 e. The summed E-state index contributed by atoms with van der Waals surface area (Å²) in [6.07, 6.45) is 2.52. The van der Waals surface area contributed by atoms with Crippen LogP contribution in [0.15, 0.2) is 64.9 Å². The number of hydrogen-bond acceptors (Lipinski definition) is 3. The predicted molar refractivity (Wildman–Crippen MR) is 90.1 cm³/mol. The second-order valence-corrected chi connectivity index (χ2v) is 6.31. The van der Waals surface area contributed by atoms with Crippen LogP contribution in [0.3, 0.4) is 0 Å². The van der Waals surface area contributed by atoms with Crippen LogP contribution in [0.25, 0.3) is 0 Å². The van der Waals surface area contributed by atoms with Gasteiger partial charge in [-0.25, -0.2) is 0 Å². The molecule has 0 radical (unpaired) electrons. The standard InChI is InChI=1S/C19H18O2S/c1-3-11-21-13-9-10-16-18(12-13)22-17-8-6-5-7-15(17)14(4-2)19(16)20/h3,5-10,12,14H,1,4,11H2,2H3/t14-/m1/s1. The molecule has 1 aliphatic rings. The van der Waals surface area contributed by atoms with E-state index in [2.05, 4.69) is 25.6 Å². The molecule has 0 aromatic heterocycles. The molecule has 0 saturated heterocycles. The van der Waals surface area contributed by atoms with Gasteiger partial charge < -0.3 is 4.74 Å². The van der Waals surface area contributed by atoms with Crippen molar-refractivity contribution in [3.05, 3.63) is 66.2 Å². The van der Waals surface area contributed by atoms with Crippen molar-refractivity contribution in [3.63, 3.8) is 0 Å². The van der Waals surface area contributed by atoms with Crippen LogP contribution < -0.4 is 4.74 Å². The SMILES string of the molecule is C=CCOc1ccc2c(c1)Sc1ccccc1[C@@H](CC)C2=O. The molecule has 2 nitrogen and oxygen atoms in total. The molecule has 0 aliphatic carbocycles. The van der Waals surface area contributed by atoms with Gasteiger partial charge in [0.05, 0.1) is 0 Å². The highest BCUT2D eigenvalue weighted by molar-refractivity contribution is 7.99. The zero-order valence-corrected chi connectivity index (χ0v) is 13.4. The number of rotatable bonds is 4. The van der Waals surface area contributed by atoms with Crippen molar-refractivity contribution in [2.24, 2.45) is 0 Å². The van der Waals surface area contributed by atoms with E-state index in [0.29, 0.717) is 6.61 Å². The maximum absolute atomic E-state index is 12.9. The maximum atomic E-state index is 12.9. The van der Waals surface area contributed by atoms with E-state index in [0.717, 1.165) is 33.1 Å². The summed E-state index contributed by atoms with van der Waals surface area (Å²) in [4.78, 5) is 15.0. The summed E-state index contributed by atoms with van der Waals surface area (Å²) >= 11 is 1.65. The summed E-state index contributed by atoms with van der Waals surface area (Å²) < 4.78 is 5.60. The summed E-state index contributed by atoms with van der Waals surface area (Å²) in [7, 11) is 0. The first kappa shape index (κ1) is 14.9. The maximum Gasteiger partial charge on any atom is 0.171 e. The summed E-state index contributed by atoms with van der Waals surface area (Å²) in [6, 6.07) is 13.9. The quantitative estimate of drug-likeness (QED) is 0.736. The lowest BCUT2D eigenvalue weighted by atomic mass is 9.89. The fourth-order valence-corrected chi connectivity index (χ4v) is 3.92. The smallest absolute Gasteiger partial charge is 0.171 e. The Balaban J connectivity index is 2.08. The van der Waals surface area contributed by atoms with E-state index in [1.54, 1.807) is 17.8 Å². The molecule has 3 heteroatoms. The molecule has 0 N–H and O–H groups in total. The van der Waals surface area contributed by atoms with Gasteiger partial charge in [0.2, 0.25) is 0 Å². The van der Waals surface area contributed by atoms with Gasteiger partial charge in [-0.1, -0.05) is 49.5 Å². The van der Waals surface area contributed by atoms with Crippen molar-refractivity contribution in [1.29, 1.82) is 0 Å². The van der Waals surface area contributed by atoms with Crippen LogP contribution >= 0.6 is 11.8 Å². The van der Waals surface area contributed by atoms with E-state index in [1.165, 1.54) is 0 Å². The van der Waals surface area contributed by atoms with E-state index < -0.39 is 0 Å².